The molecule has 1 aliphatic heterocycles. The first-order valence-corrected chi connectivity index (χ1v) is 10.2. The number of benzene rings is 2. The van der Waals surface area contributed by atoms with Gasteiger partial charge in [0.15, 0.2) is 0 Å². The highest BCUT2D eigenvalue weighted by Gasteiger charge is 2.29. The summed E-state index contributed by atoms with van der Waals surface area (Å²) in [5, 5.41) is 8.74. The molecule has 3 aromatic rings. The third-order valence-corrected chi connectivity index (χ3v) is 5.70. The summed E-state index contributed by atoms with van der Waals surface area (Å²) in [5.74, 6) is -0.355. The fraction of sp³-hybridized carbons (Fsp3) is 0.391. The summed E-state index contributed by atoms with van der Waals surface area (Å²) in [4.78, 5) is 15.4. The van der Waals surface area contributed by atoms with Gasteiger partial charge >= 0.3 is 0 Å². The van der Waals surface area contributed by atoms with Crippen molar-refractivity contribution < 1.29 is 9.18 Å². The summed E-state index contributed by atoms with van der Waals surface area (Å²) in [5.41, 5.74) is 3.89. The van der Waals surface area contributed by atoms with E-state index < -0.39 is 6.04 Å². The number of nitrogens with one attached hydrogen (secondary N) is 1. The van der Waals surface area contributed by atoms with Crippen LogP contribution in [0, 0.1) is 12.7 Å². The largest absolute Gasteiger partial charge is 0.349 e. The van der Waals surface area contributed by atoms with E-state index >= 15 is 0 Å². The predicted octanol–water partition coefficient (Wildman–Crippen LogP) is 3.86. The Labute approximate surface area is 170 Å². The number of hydrogen-bond acceptors (Lipinski definition) is 3. The van der Waals surface area contributed by atoms with Gasteiger partial charge in [-0.1, -0.05) is 30.2 Å². The number of aryl methyl sites for hydroxylation is 2. The average molecular weight is 394 g/mol. The van der Waals surface area contributed by atoms with Crippen LogP contribution in [0.2, 0.25) is 0 Å². The quantitative estimate of drug-likeness (QED) is 0.715. The van der Waals surface area contributed by atoms with E-state index in [4.69, 9.17) is 0 Å². The maximum Gasteiger partial charge on any atom is 0.242 e. The maximum absolute atomic E-state index is 13.4. The van der Waals surface area contributed by atoms with Crippen molar-refractivity contribution in [2.45, 2.75) is 38.8 Å². The minimum absolute atomic E-state index is 0.0648. The summed E-state index contributed by atoms with van der Waals surface area (Å²) < 4.78 is 15.3. The van der Waals surface area contributed by atoms with Crippen molar-refractivity contribution >= 4 is 16.8 Å². The van der Waals surface area contributed by atoms with Gasteiger partial charge in [-0.2, -0.15) is 5.10 Å². The molecular formula is C23H27FN4O. The van der Waals surface area contributed by atoms with Gasteiger partial charge in [0.2, 0.25) is 5.91 Å². The van der Waals surface area contributed by atoms with Crippen LogP contribution in [0.5, 0.6) is 0 Å². The summed E-state index contributed by atoms with van der Waals surface area (Å²) in [7, 11) is 1.91. The number of carbonyl (C=O) groups excluding carboxylic acids is 1. The van der Waals surface area contributed by atoms with Gasteiger partial charge in [-0.15, -0.1) is 0 Å². The standard InChI is InChI=1S/C23H27FN4O/c1-16-6-11-21-19(14-16)20(26-27(21)2)15-25-23(29)22(28-12-4-3-5-13-28)17-7-9-18(24)10-8-17/h6-11,14,22H,3-5,12-13,15H2,1-2H3,(H,25,29). The molecule has 1 fully saturated rings. The number of nitrogens with zero attached hydrogens (tertiary/aromatic N) is 3. The van der Waals surface area contributed by atoms with Crippen molar-refractivity contribution in [1.29, 1.82) is 0 Å². The molecule has 1 unspecified atom stereocenters. The van der Waals surface area contributed by atoms with Gasteiger partial charge in [-0.3, -0.25) is 14.4 Å². The van der Waals surface area contributed by atoms with Crippen LogP contribution in [-0.2, 0) is 18.4 Å². The molecular weight excluding hydrogens is 367 g/mol. The molecule has 1 amide bonds. The van der Waals surface area contributed by atoms with Gasteiger partial charge in [-0.25, -0.2) is 4.39 Å². The summed E-state index contributed by atoms with van der Waals surface area (Å²) in [6.45, 7) is 4.17. The number of carbonyl (C=O) groups is 1. The molecule has 152 valence electrons. The zero-order chi connectivity index (χ0) is 20.4. The number of rotatable bonds is 5. The lowest BCUT2D eigenvalue weighted by molar-refractivity contribution is -0.127. The van der Waals surface area contributed by atoms with E-state index in [-0.39, 0.29) is 11.7 Å². The van der Waals surface area contributed by atoms with Gasteiger partial charge in [0.25, 0.3) is 0 Å². The van der Waals surface area contributed by atoms with E-state index in [1.165, 1.54) is 18.6 Å². The van der Waals surface area contributed by atoms with Gasteiger partial charge in [0.1, 0.15) is 11.9 Å². The van der Waals surface area contributed by atoms with E-state index in [1.54, 1.807) is 12.1 Å². The van der Waals surface area contributed by atoms with Crippen LogP contribution in [0.1, 0.15) is 42.1 Å². The second-order valence-corrected chi connectivity index (χ2v) is 7.86. The fourth-order valence-electron chi connectivity index (χ4n) is 4.20. The molecule has 2 aromatic carbocycles. The number of amides is 1. The highest BCUT2D eigenvalue weighted by molar-refractivity contribution is 5.85. The van der Waals surface area contributed by atoms with Crippen molar-refractivity contribution in [3.63, 3.8) is 0 Å². The van der Waals surface area contributed by atoms with Gasteiger partial charge in [0, 0.05) is 12.4 Å². The van der Waals surface area contributed by atoms with Gasteiger partial charge in [0.05, 0.1) is 17.8 Å². The summed E-state index contributed by atoms with van der Waals surface area (Å²) in [6.07, 6.45) is 3.35. The lowest BCUT2D eigenvalue weighted by atomic mass is 10.0. The second kappa shape index (κ2) is 8.33. The molecule has 1 N–H and O–H groups in total. The molecule has 0 radical (unpaired) electrons. The Bertz CT molecular complexity index is 1010. The van der Waals surface area contributed by atoms with Gasteiger partial charge < -0.3 is 5.32 Å². The Morgan fingerprint density at radius 1 is 1.14 bits per heavy atom. The van der Waals surface area contributed by atoms with Crippen LogP contribution in [0.4, 0.5) is 4.39 Å². The Kier molecular flexibility index (Phi) is 5.62. The lowest BCUT2D eigenvalue weighted by Crippen LogP contribution is -2.42. The zero-order valence-corrected chi connectivity index (χ0v) is 17.0. The van der Waals surface area contributed by atoms with Crippen LogP contribution >= 0.6 is 0 Å². The minimum atomic E-state index is -0.410. The smallest absolute Gasteiger partial charge is 0.242 e. The van der Waals surface area contributed by atoms with Crippen molar-refractivity contribution in [3.8, 4) is 0 Å². The minimum Gasteiger partial charge on any atom is -0.349 e. The Morgan fingerprint density at radius 3 is 2.59 bits per heavy atom. The fourth-order valence-corrected chi connectivity index (χ4v) is 4.20. The number of fused-ring (bicyclic) bond motifs is 1. The topological polar surface area (TPSA) is 50.2 Å². The van der Waals surface area contributed by atoms with E-state index in [0.29, 0.717) is 6.54 Å². The number of aromatic nitrogens is 2. The number of hydrogen-bond donors (Lipinski definition) is 1. The molecule has 0 spiro atoms. The first-order chi connectivity index (χ1) is 14.0. The molecule has 0 bridgehead atoms. The molecule has 5 nitrogen and oxygen atoms in total. The van der Waals surface area contributed by atoms with Crippen LogP contribution in [-0.4, -0.2) is 33.7 Å². The Morgan fingerprint density at radius 2 is 1.86 bits per heavy atom. The molecule has 1 atom stereocenters. The molecule has 0 aliphatic carbocycles. The van der Waals surface area contributed by atoms with E-state index in [0.717, 1.165) is 53.7 Å². The normalized spacial score (nSPS) is 16.1. The first kappa shape index (κ1) is 19.6. The van der Waals surface area contributed by atoms with Crippen molar-refractivity contribution in [2.75, 3.05) is 13.1 Å². The van der Waals surface area contributed by atoms with Crippen molar-refractivity contribution in [2.24, 2.45) is 7.05 Å². The van der Waals surface area contributed by atoms with Crippen molar-refractivity contribution in [3.05, 3.63) is 65.1 Å². The maximum atomic E-state index is 13.4. The van der Waals surface area contributed by atoms with Crippen LogP contribution in [0.15, 0.2) is 42.5 Å². The third kappa shape index (κ3) is 4.17. The summed E-state index contributed by atoms with van der Waals surface area (Å²) >= 11 is 0. The molecule has 0 saturated carbocycles. The molecule has 2 heterocycles. The third-order valence-electron chi connectivity index (χ3n) is 5.70. The number of halogens is 1. The zero-order valence-electron chi connectivity index (χ0n) is 17.0. The lowest BCUT2D eigenvalue weighted by Gasteiger charge is -2.33. The first-order valence-electron chi connectivity index (χ1n) is 10.2. The van der Waals surface area contributed by atoms with Crippen LogP contribution in [0.25, 0.3) is 10.9 Å². The summed E-state index contributed by atoms with van der Waals surface area (Å²) in [6, 6.07) is 12.1. The average Bonchev–Trinajstić information content (AvgIpc) is 3.04. The molecule has 4 rings (SSSR count). The number of piperidine rings is 1. The molecule has 1 aromatic heterocycles. The predicted molar refractivity (Wildman–Crippen MR) is 112 cm³/mol. The molecule has 1 aliphatic rings. The Hall–Kier alpha value is -2.73. The van der Waals surface area contributed by atoms with E-state index in [1.807, 2.05) is 11.7 Å². The monoisotopic (exact) mass is 394 g/mol. The Balaban J connectivity index is 1.56. The van der Waals surface area contributed by atoms with E-state index in [2.05, 4.69) is 40.4 Å². The second-order valence-electron chi connectivity index (χ2n) is 7.86. The molecule has 6 heteroatoms. The molecule has 1 saturated heterocycles. The highest BCUT2D eigenvalue weighted by atomic mass is 19.1. The number of likely N-dealkylation sites (tertiary alicyclic amines) is 1. The van der Waals surface area contributed by atoms with Crippen LogP contribution < -0.4 is 5.32 Å². The molecule has 29 heavy (non-hydrogen) atoms. The van der Waals surface area contributed by atoms with Crippen LogP contribution in [0.3, 0.4) is 0 Å². The van der Waals surface area contributed by atoms with E-state index in [9.17, 15) is 9.18 Å². The SMILES string of the molecule is Cc1ccc2c(c1)c(CNC(=O)C(c1ccc(F)cc1)N1CCCCC1)nn2C. The highest BCUT2D eigenvalue weighted by Crippen LogP contribution is 2.26. The van der Waals surface area contributed by atoms with Gasteiger partial charge in [-0.05, 0) is 62.7 Å². The van der Waals surface area contributed by atoms with Crippen molar-refractivity contribution in [1.82, 2.24) is 20.0 Å².